The molecule has 1 atom stereocenters. The van der Waals surface area contributed by atoms with Crippen LogP contribution in [0.4, 0.5) is 4.39 Å². The number of halogens is 1. The molecule has 1 aromatic carbocycles. The summed E-state index contributed by atoms with van der Waals surface area (Å²) < 4.78 is 19.7. The lowest BCUT2D eigenvalue weighted by molar-refractivity contribution is 0.129. The van der Waals surface area contributed by atoms with Crippen molar-refractivity contribution in [3.63, 3.8) is 0 Å². The molecule has 3 rings (SSSR count). The van der Waals surface area contributed by atoms with Gasteiger partial charge in [0.1, 0.15) is 11.9 Å². The van der Waals surface area contributed by atoms with Crippen LogP contribution in [0.5, 0.6) is 0 Å². The minimum atomic E-state index is -0.463. The smallest absolute Gasteiger partial charge is 0.129 e. The number of pyridine rings is 1. The van der Waals surface area contributed by atoms with Crippen LogP contribution in [0.25, 0.3) is 0 Å². The van der Waals surface area contributed by atoms with Gasteiger partial charge >= 0.3 is 0 Å². The van der Waals surface area contributed by atoms with E-state index in [9.17, 15) is 4.39 Å². The van der Waals surface area contributed by atoms with Crippen LogP contribution in [0, 0.1) is 11.7 Å². The highest BCUT2D eigenvalue weighted by molar-refractivity contribution is 5.29. The molecule has 0 bridgehead atoms. The number of rotatable bonds is 8. The Morgan fingerprint density at radius 1 is 1.07 bits per heavy atom. The number of aromatic nitrogens is 1. The van der Waals surface area contributed by atoms with Crippen molar-refractivity contribution in [3.05, 3.63) is 65.2 Å². The predicted octanol–water partition coefficient (Wildman–Crippen LogP) is 6.81. The standard InChI is InChI=1S/C24H32FNO/c1-3-4-5-8-18-11-13-19(14-12-18)20-15-16-23(26-17-20)24(27-2)21-9-6-7-10-22(21)25/h6-7,9-10,15-19,24H,3-5,8,11-14H2,1-2H3. The maximum atomic E-state index is 14.1. The number of ether oxygens (including phenoxy) is 1. The molecule has 0 spiro atoms. The second kappa shape index (κ2) is 9.98. The van der Waals surface area contributed by atoms with Gasteiger partial charge in [-0.15, -0.1) is 0 Å². The van der Waals surface area contributed by atoms with Crippen LogP contribution in [0.2, 0.25) is 0 Å². The molecule has 0 N–H and O–H groups in total. The predicted molar refractivity (Wildman–Crippen MR) is 108 cm³/mol. The van der Waals surface area contributed by atoms with Gasteiger partial charge in [-0.2, -0.15) is 0 Å². The van der Waals surface area contributed by atoms with Gasteiger partial charge in [0.25, 0.3) is 0 Å². The fraction of sp³-hybridized carbons (Fsp3) is 0.542. The monoisotopic (exact) mass is 369 g/mol. The normalized spacial score (nSPS) is 21.1. The van der Waals surface area contributed by atoms with E-state index in [0.29, 0.717) is 11.5 Å². The zero-order valence-electron chi connectivity index (χ0n) is 16.7. The van der Waals surface area contributed by atoms with Crippen LogP contribution < -0.4 is 0 Å². The maximum absolute atomic E-state index is 14.1. The van der Waals surface area contributed by atoms with Gasteiger partial charge in [-0.1, -0.05) is 56.9 Å². The highest BCUT2D eigenvalue weighted by Crippen LogP contribution is 2.38. The second-order valence-corrected chi connectivity index (χ2v) is 7.87. The summed E-state index contributed by atoms with van der Waals surface area (Å²) in [5, 5.41) is 0. The molecule has 1 aliphatic rings. The number of hydrogen-bond acceptors (Lipinski definition) is 2. The van der Waals surface area contributed by atoms with Crippen molar-refractivity contribution < 1.29 is 9.13 Å². The molecular weight excluding hydrogens is 337 g/mol. The highest BCUT2D eigenvalue weighted by Gasteiger charge is 2.23. The summed E-state index contributed by atoms with van der Waals surface area (Å²) in [5.74, 6) is 1.28. The van der Waals surface area contributed by atoms with Crippen LogP contribution in [0.3, 0.4) is 0 Å². The Bertz CT molecular complexity index is 692. The first kappa shape index (κ1) is 20.0. The van der Waals surface area contributed by atoms with Crippen LogP contribution in [-0.2, 0) is 4.74 Å². The third-order valence-corrected chi connectivity index (χ3v) is 6.04. The Labute approximate surface area is 163 Å². The Kier molecular flexibility index (Phi) is 7.40. The van der Waals surface area contributed by atoms with Crippen molar-refractivity contribution in [2.75, 3.05) is 7.11 Å². The van der Waals surface area contributed by atoms with Crippen LogP contribution in [0.1, 0.15) is 87.1 Å². The summed E-state index contributed by atoms with van der Waals surface area (Å²) in [4.78, 5) is 4.63. The minimum absolute atomic E-state index is 0.253. The van der Waals surface area contributed by atoms with Crippen molar-refractivity contribution in [3.8, 4) is 0 Å². The van der Waals surface area contributed by atoms with E-state index in [1.807, 2.05) is 18.3 Å². The SMILES string of the molecule is CCCCCC1CCC(c2ccc(C(OC)c3ccccc3F)nc2)CC1. The Morgan fingerprint density at radius 3 is 2.48 bits per heavy atom. The molecule has 2 nitrogen and oxygen atoms in total. The van der Waals surface area contributed by atoms with Crippen molar-refractivity contribution in [1.82, 2.24) is 4.98 Å². The van der Waals surface area contributed by atoms with Gasteiger partial charge in [0.15, 0.2) is 0 Å². The van der Waals surface area contributed by atoms with Gasteiger partial charge in [0.2, 0.25) is 0 Å². The Balaban J connectivity index is 1.61. The Hall–Kier alpha value is -1.74. The van der Waals surface area contributed by atoms with Crippen molar-refractivity contribution >= 4 is 0 Å². The molecule has 0 radical (unpaired) electrons. The van der Waals surface area contributed by atoms with Crippen molar-refractivity contribution in [2.45, 2.75) is 70.3 Å². The summed E-state index contributed by atoms with van der Waals surface area (Å²) in [6, 6.07) is 10.9. The first-order valence-corrected chi connectivity index (χ1v) is 10.5. The summed E-state index contributed by atoms with van der Waals surface area (Å²) in [6.45, 7) is 2.27. The van der Waals surface area contributed by atoms with E-state index in [1.54, 1.807) is 19.2 Å². The second-order valence-electron chi connectivity index (χ2n) is 7.87. The molecule has 1 saturated carbocycles. The van der Waals surface area contributed by atoms with Gasteiger partial charge < -0.3 is 4.74 Å². The van der Waals surface area contributed by atoms with E-state index in [2.05, 4.69) is 18.0 Å². The lowest BCUT2D eigenvalue weighted by Crippen LogP contribution is -2.14. The lowest BCUT2D eigenvalue weighted by atomic mass is 9.77. The topological polar surface area (TPSA) is 22.1 Å². The third-order valence-electron chi connectivity index (χ3n) is 6.04. The summed E-state index contributed by atoms with van der Waals surface area (Å²) in [5.41, 5.74) is 2.61. The molecule has 0 saturated heterocycles. The van der Waals surface area contributed by atoms with E-state index in [-0.39, 0.29) is 5.82 Å². The lowest BCUT2D eigenvalue weighted by Gasteiger charge is -2.29. The molecule has 3 heteroatoms. The van der Waals surface area contributed by atoms with Crippen LogP contribution in [0.15, 0.2) is 42.6 Å². The van der Waals surface area contributed by atoms with E-state index >= 15 is 0 Å². The summed E-state index contributed by atoms with van der Waals surface area (Å²) in [6.07, 6.45) is 12.2. The first-order chi connectivity index (χ1) is 13.2. The van der Waals surface area contributed by atoms with Gasteiger partial charge in [0, 0.05) is 18.9 Å². The van der Waals surface area contributed by atoms with Gasteiger partial charge in [-0.3, -0.25) is 4.98 Å². The fourth-order valence-corrected chi connectivity index (χ4v) is 4.38. The van der Waals surface area contributed by atoms with Crippen LogP contribution >= 0.6 is 0 Å². The molecule has 1 unspecified atom stereocenters. The molecule has 1 fully saturated rings. The van der Waals surface area contributed by atoms with Gasteiger partial charge in [0.05, 0.1) is 5.69 Å². The average Bonchev–Trinajstić information content (AvgIpc) is 2.71. The molecule has 1 heterocycles. The molecular formula is C24H32FNO. The quantitative estimate of drug-likeness (QED) is 0.477. The summed E-state index contributed by atoms with van der Waals surface area (Å²) in [7, 11) is 1.60. The zero-order chi connectivity index (χ0) is 19.1. The largest absolute Gasteiger partial charge is 0.370 e. The number of methoxy groups -OCH3 is 1. The molecule has 0 amide bonds. The molecule has 2 aromatic rings. The molecule has 1 aliphatic carbocycles. The molecule has 1 aromatic heterocycles. The number of nitrogens with zero attached hydrogens (tertiary/aromatic N) is 1. The number of unbranched alkanes of at least 4 members (excludes halogenated alkanes) is 2. The number of hydrogen-bond donors (Lipinski definition) is 0. The third kappa shape index (κ3) is 5.16. The molecule has 0 aliphatic heterocycles. The van der Waals surface area contributed by atoms with Gasteiger partial charge in [-0.25, -0.2) is 4.39 Å². The van der Waals surface area contributed by atoms with Gasteiger partial charge in [-0.05, 0) is 55.2 Å². The van der Waals surface area contributed by atoms with Crippen molar-refractivity contribution in [2.24, 2.45) is 5.92 Å². The average molecular weight is 370 g/mol. The molecule has 27 heavy (non-hydrogen) atoms. The zero-order valence-corrected chi connectivity index (χ0v) is 16.7. The minimum Gasteiger partial charge on any atom is -0.370 e. The van der Waals surface area contributed by atoms with E-state index in [0.717, 1.165) is 11.6 Å². The maximum Gasteiger partial charge on any atom is 0.129 e. The number of benzene rings is 1. The fourth-order valence-electron chi connectivity index (χ4n) is 4.38. The van der Waals surface area contributed by atoms with Crippen LogP contribution in [-0.4, -0.2) is 12.1 Å². The molecule has 146 valence electrons. The van der Waals surface area contributed by atoms with E-state index < -0.39 is 6.10 Å². The summed E-state index contributed by atoms with van der Waals surface area (Å²) >= 11 is 0. The van der Waals surface area contributed by atoms with E-state index in [1.165, 1.54) is 63.0 Å². The van der Waals surface area contributed by atoms with E-state index in [4.69, 9.17) is 4.74 Å². The first-order valence-electron chi connectivity index (χ1n) is 10.5. The van der Waals surface area contributed by atoms with Crippen molar-refractivity contribution in [1.29, 1.82) is 0 Å². The highest BCUT2D eigenvalue weighted by atomic mass is 19.1. The Morgan fingerprint density at radius 2 is 1.85 bits per heavy atom.